The highest BCUT2D eigenvalue weighted by molar-refractivity contribution is 7.90. The number of rotatable bonds is 8. The Bertz CT molecular complexity index is 1330. The number of fused-ring (bicyclic) bond motifs is 1. The first kappa shape index (κ1) is 24.6. The van der Waals surface area contributed by atoms with Gasteiger partial charge in [0.15, 0.2) is 19.1 Å². The smallest absolute Gasteiger partial charge is 0.422 e. The Hall–Kier alpha value is -3.57. The van der Waals surface area contributed by atoms with Crippen LogP contribution in [0.4, 0.5) is 13.2 Å². The minimum absolute atomic E-state index is 0.00891. The summed E-state index contributed by atoms with van der Waals surface area (Å²) in [5.41, 5.74) is 2.20. The van der Waals surface area contributed by atoms with E-state index in [4.69, 9.17) is 9.47 Å². The Labute approximate surface area is 201 Å². The predicted molar refractivity (Wildman–Crippen MR) is 122 cm³/mol. The van der Waals surface area contributed by atoms with Gasteiger partial charge in [-0.05, 0) is 37.3 Å². The van der Waals surface area contributed by atoms with E-state index in [0.29, 0.717) is 27.9 Å². The minimum Gasteiger partial charge on any atom is -0.609 e. The molecule has 4 aromatic rings. The molecule has 2 heterocycles. The summed E-state index contributed by atoms with van der Waals surface area (Å²) in [6.45, 7) is -0.116. The molecule has 0 saturated heterocycles. The topological polar surface area (TPSA) is 89.3 Å². The maximum absolute atomic E-state index is 13.3. The van der Waals surface area contributed by atoms with Crippen LogP contribution in [0.1, 0.15) is 21.6 Å². The number of imidazole rings is 1. The standard InChI is InChI=1S/C24H20F3N3O4S/c1-16-19(28-12-11-21(16)33-14-24(25,26)27)13-35(32)23-29-18-9-5-6-10-20(18)30(23)15-34-22(31)17-7-3-2-4-8-17/h2-12H,13-15H2,1H3. The molecule has 2 aromatic carbocycles. The van der Waals surface area contributed by atoms with Gasteiger partial charge in [-0.2, -0.15) is 18.2 Å². The molecule has 0 fully saturated rings. The van der Waals surface area contributed by atoms with Gasteiger partial charge in [0.2, 0.25) is 0 Å². The first-order valence-corrected chi connectivity index (χ1v) is 11.7. The van der Waals surface area contributed by atoms with E-state index in [2.05, 4.69) is 9.97 Å². The van der Waals surface area contributed by atoms with Crippen LogP contribution in [0.2, 0.25) is 0 Å². The number of esters is 1. The average molecular weight is 504 g/mol. The minimum atomic E-state index is -4.49. The molecule has 0 saturated carbocycles. The summed E-state index contributed by atoms with van der Waals surface area (Å²) in [5, 5.41) is 0.148. The van der Waals surface area contributed by atoms with Crippen molar-refractivity contribution >= 4 is 28.2 Å². The molecule has 7 nitrogen and oxygen atoms in total. The van der Waals surface area contributed by atoms with Crippen molar-refractivity contribution in [2.75, 3.05) is 6.61 Å². The lowest BCUT2D eigenvalue weighted by atomic mass is 10.2. The van der Waals surface area contributed by atoms with Gasteiger partial charge in [-0.1, -0.05) is 30.3 Å². The molecular formula is C24H20F3N3O4S. The summed E-state index contributed by atoms with van der Waals surface area (Å²) < 4.78 is 62.8. The van der Waals surface area contributed by atoms with Gasteiger partial charge in [0.05, 0.1) is 22.3 Å². The van der Waals surface area contributed by atoms with Crippen LogP contribution in [0.5, 0.6) is 5.75 Å². The van der Waals surface area contributed by atoms with E-state index in [1.54, 1.807) is 61.5 Å². The van der Waals surface area contributed by atoms with Crippen molar-refractivity contribution < 1.29 is 32.0 Å². The third kappa shape index (κ3) is 5.92. The number of carbonyl (C=O) groups is 1. The second kappa shape index (κ2) is 10.4. The average Bonchev–Trinajstić information content (AvgIpc) is 3.22. The van der Waals surface area contributed by atoms with Crippen LogP contribution in [-0.4, -0.2) is 37.8 Å². The van der Waals surface area contributed by atoms with Crippen molar-refractivity contribution in [2.45, 2.75) is 30.7 Å². The molecule has 4 rings (SSSR count). The van der Waals surface area contributed by atoms with Gasteiger partial charge in [0, 0.05) is 22.9 Å². The molecule has 182 valence electrons. The number of aromatic nitrogens is 3. The van der Waals surface area contributed by atoms with E-state index >= 15 is 0 Å². The lowest BCUT2D eigenvalue weighted by Gasteiger charge is -2.15. The number of carbonyl (C=O) groups excluding carboxylic acids is 1. The first-order valence-electron chi connectivity index (χ1n) is 10.4. The number of halogens is 3. The normalized spacial score (nSPS) is 12.5. The van der Waals surface area contributed by atoms with Gasteiger partial charge in [-0.15, -0.1) is 0 Å². The molecule has 0 aliphatic rings. The zero-order valence-corrected chi connectivity index (χ0v) is 19.3. The van der Waals surface area contributed by atoms with E-state index in [9.17, 15) is 22.5 Å². The number of alkyl halides is 3. The SMILES string of the molecule is Cc1c(OCC(F)(F)F)ccnc1C[S+]([O-])c1nc2ccccc2n1COC(=O)c1ccccc1. The number of nitrogens with zero attached hydrogens (tertiary/aromatic N) is 3. The van der Waals surface area contributed by atoms with Crippen LogP contribution in [0.25, 0.3) is 11.0 Å². The zero-order chi connectivity index (χ0) is 25.0. The molecule has 0 N–H and O–H groups in total. The Morgan fingerprint density at radius 1 is 1.09 bits per heavy atom. The van der Waals surface area contributed by atoms with Crippen molar-refractivity contribution in [3.63, 3.8) is 0 Å². The monoisotopic (exact) mass is 503 g/mol. The van der Waals surface area contributed by atoms with Crippen LogP contribution in [0, 0.1) is 6.92 Å². The van der Waals surface area contributed by atoms with E-state index in [1.807, 2.05) is 0 Å². The zero-order valence-electron chi connectivity index (χ0n) is 18.5. The quantitative estimate of drug-likeness (QED) is 0.253. The van der Waals surface area contributed by atoms with Crippen LogP contribution in [0.3, 0.4) is 0 Å². The van der Waals surface area contributed by atoms with Crippen LogP contribution in [0.15, 0.2) is 72.0 Å². The van der Waals surface area contributed by atoms with E-state index in [0.717, 1.165) is 0 Å². The lowest BCUT2D eigenvalue weighted by Crippen LogP contribution is -2.20. The van der Waals surface area contributed by atoms with Gasteiger partial charge in [0.25, 0.3) is 0 Å². The Morgan fingerprint density at radius 3 is 2.54 bits per heavy atom. The molecule has 0 amide bonds. The highest BCUT2D eigenvalue weighted by Gasteiger charge is 2.29. The van der Waals surface area contributed by atoms with Gasteiger partial charge in [0.1, 0.15) is 5.75 Å². The maximum Gasteiger partial charge on any atom is 0.422 e. The second-order valence-electron chi connectivity index (χ2n) is 7.51. The fourth-order valence-electron chi connectivity index (χ4n) is 3.34. The molecule has 0 radical (unpaired) electrons. The maximum atomic E-state index is 13.3. The molecule has 0 aliphatic carbocycles. The number of hydrogen-bond acceptors (Lipinski definition) is 6. The van der Waals surface area contributed by atoms with Crippen LogP contribution < -0.4 is 4.74 Å². The molecule has 0 bridgehead atoms. The third-order valence-electron chi connectivity index (χ3n) is 5.08. The number of para-hydroxylation sites is 2. The van der Waals surface area contributed by atoms with E-state index in [-0.39, 0.29) is 23.4 Å². The predicted octanol–water partition coefficient (Wildman–Crippen LogP) is 4.80. The molecule has 1 atom stereocenters. The van der Waals surface area contributed by atoms with Gasteiger partial charge >= 0.3 is 17.3 Å². The molecular weight excluding hydrogens is 483 g/mol. The van der Waals surface area contributed by atoms with Crippen molar-refractivity contribution in [2.24, 2.45) is 0 Å². The van der Waals surface area contributed by atoms with Gasteiger partial charge < -0.3 is 14.0 Å². The fourth-order valence-corrected chi connectivity index (χ4v) is 4.61. The molecule has 1 unspecified atom stereocenters. The van der Waals surface area contributed by atoms with Crippen molar-refractivity contribution in [1.82, 2.24) is 14.5 Å². The van der Waals surface area contributed by atoms with E-state index in [1.165, 1.54) is 16.8 Å². The summed E-state index contributed by atoms with van der Waals surface area (Å²) >= 11 is -1.76. The highest BCUT2D eigenvalue weighted by atomic mass is 32.2. The summed E-state index contributed by atoms with van der Waals surface area (Å²) in [5.74, 6) is -0.660. The Morgan fingerprint density at radius 2 is 1.80 bits per heavy atom. The number of hydrogen-bond donors (Lipinski definition) is 0. The van der Waals surface area contributed by atoms with Gasteiger partial charge in [-0.25, -0.2) is 9.36 Å². The largest absolute Gasteiger partial charge is 0.609 e. The van der Waals surface area contributed by atoms with Crippen molar-refractivity contribution in [1.29, 1.82) is 0 Å². The first-order chi connectivity index (χ1) is 16.7. The third-order valence-corrected chi connectivity index (χ3v) is 6.33. The lowest BCUT2D eigenvalue weighted by molar-refractivity contribution is -0.153. The van der Waals surface area contributed by atoms with Crippen molar-refractivity contribution in [3.8, 4) is 5.75 Å². The summed E-state index contributed by atoms with van der Waals surface area (Å²) in [6.07, 6.45) is -3.18. The van der Waals surface area contributed by atoms with Crippen LogP contribution >= 0.6 is 0 Å². The van der Waals surface area contributed by atoms with E-state index < -0.39 is 29.9 Å². The number of ether oxygens (including phenoxy) is 2. The fraction of sp³-hybridized carbons (Fsp3) is 0.208. The molecule has 0 spiro atoms. The Balaban J connectivity index is 1.57. The van der Waals surface area contributed by atoms with Crippen molar-refractivity contribution in [3.05, 3.63) is 83.7 Å². The number of pyridine rings is 1. The summed E-state index contributed by atoms with van der Waals surface area (Å²) in [7, 11) is 0. The molecule has 35 heavy (non-hydrogen) atoms. The molecule has 11 heteroatoms. The Kier molecular flexibility index (Phi) is 7.27. The second-order valence-corrected chi connectivity index (χ2v) is 8.86. The number of benzene rings is 2. The molecule has 2 aromatic heterocycles. The highest BCUT2D eigenvalue weighted by Crippen LogP contribution is 2.27. The van der Waals surface area contributed by atoms with Crippen LogP contribution in [-0.2, 0) is 28.4 Å². The summed E-state index contributed by atoms with van der Waals surface area (Å²) in [4.78, 5) is 21.0. The van der Waals surface area contributed by atoms with Gasteiger partial charge in [-0.3, -0.25) is 4.98 Å². The summed E-state index contributed by atoms with van der Waals surface area (Å²) in [6, 6.07) is 16.8. The molecule has 0 aliphatic heterocycles.